The third-order valence-electron chi connectivity index (χ3n) is 2.26. The second-order valence-electron chi connectivity index (χ2n) is 3.03. The summed E-state index contributed by atoms with van der Waals surface area (Å²) in [7, 11) is 0. The maximum Gasteiger partial charge on any atom is 0.183 e. The molecule has 0 saturated carbocycles. The van der Waals surface area contributed by atoms with Gasteiger partial charge in [0.25, 0.3) is 0 Å². The fraction of sp³-hybridized carbons (Fsp3) is 0.333. The normalized spacial score (nSPS) is 33.6. The van der Waals surface area contributed by atoms with E-state index in [1.54, 1.807) is 12.2 Å². The van der Waals surface area contributed by atoms with Crippen LogP contribution in [0.1, 0.15) is 6.42 Å². The van der Waals surface area contributed by atoms with Crippen LogP contribution in [-0.4, -0.2) is 11.6 Å². The molecule has 0 radical (unpaired) electrons. The van der Waals surface area contributed by atoms with Crippen molar-refractivity contribution in [1.82, 2.24) is 0 Å². The van der Waals surface area contributed by atoms with Gasteiger partial charge in [-0.1, -0.05) is 18.2 Å². The van der Waals surface area contributed by atoms with Gasteiger partial charge in [0.2, 0.25) is 0 Å². The van der Waals surface area contributed by atoms with E-state index in [4.69, 9.17) is 0 Å². The van der Waals surface area contributed by atoms with Crippen LogP contribution in [0.4, 0.5) is 0 Å². The number of halogens is 1. The molecule has 12 heavy (non-hydrogen) atoms. The van der Waals surface area contributed by atoms with E-state index in [-0.39, 0.29) is 17.5 Å². The molecule has 2 aliphatic rings. The molecular weight excluding hydrogens is 220 g/mol. The molecule has 62 valence electrons. The number of allylic oxidation sites excluding steroid dienone is 4. The molecule has 2 bridgehead atoms. The number of carbonyl (C=O) groups is 2. The molecule has 0 aliphatic heterocycles. The Morgan fingerprint density at radius 2 is 2.17 bits per heavy atom. The van der Waals surface area contributed by atoms with Gasteiger partial charge < -0.3 is 0 Å². The lowest BCUT2D eigenvalue weighted by molar-refractivity contribution is -0.131. The molecule has 0 saturated heterocycles. The van der Waals surface area contributed by atoms with Gasteiger partial charge in [0.05, 0.1) is 4.48 Å². The van der Waals surface area contributed by atoms with Gasteiger partial charge >= 0.3 is 0 Å². The summed E-state index contributed by atoms with van der Waals surface area (Å²) in [6.45, 7) is 0. The zero-order chi connectivity index (χ0) is 8.72. The van der Waals surface area contributed by atoms with Gasteiger partial charge in [-0.15, -0.1) is 0 Å². The van der Waals surface area contributed by atoms with Crippen LogP contribution in [0.15, 0.2) is 22.7 Å². The minimum atomic E-state index is -0.511. The third-order valence-corrected chi connectivity index (χ3v) is 2.91. The smallest absolute Gasteiger partial charge is 0.183 e. The summed E-state index contributed by atoms with van der Waals surface area (Å²) < 4.78 is 0.557. The molecule has 2 aliphatic carbocycles. The summed E-state index contributed by atoms with van der Waals surface area (Å²) in [6, 6.07) is 0. The van der Waals surface area contributed by atoms with E-state index in [9.17, 15) is 9.59 Å². The van der Waals surface area contributed by atoms with Crippen molar-refractivity contribution in [3.63, 3.8) is 0 Å². The summed E-state index contributed by atoms with van der Waals surface area (Å²) in [6.07, 6.45) is 6.06. The number of fused-ring (bicyclic) bond motifs is 2. The first-order valence-electron chi connectivity index (χ1n) is 3.82. The predicted molar refractivity (Wildman–Crippen MR) is 47.8 cm³/mol. The largest absolute Gasteiger partial charge is 0.298 e. The first-order chi connectivity index (χ1) is 5.70. The summed E-state index contributed by atoms with van der Waals surface area (Å²) >= 11 is 3.16. The van der Waals surface area contributed by atoms with Crippen LogP contribution >= 0.6 is 15.9 Å². The van der Waals surface area contributed by atoms with Gasteiger partial charge in [0, 0.05) is 5.92 Å². The minimum Gasteiger partial charge on any atom is -0.298 e. The number of carbonyl (C=O) groups excluding carboxylic acids is 2. The van der Waals surface area contributed by atoms with Gasteiger partial charge in [0.15, 0.2) is 11.6 Å². The molecule has 3 heteroatoms. The van der Waals surface area contributed by atoms with Crippen molar-refractivity contribution in [2.24, 2.45) is 11.8 Å². The topological polar surface area (TPSA) is 34.1 Å². The Balaban J connectivity index is 2.48. The molecule has 2 unspecified atom stereocenters. The Morgan fingerprint density at radius 1 is 1.42 bits per heavy atom. The Labute approximate surface area is 78.5 Å². The first-order valence-corrected chi connectivity index (χ1v) is 4.61. The molecule has 0 spiro atoms. The van der Waals surface area contributed by atoms with Crippen LogP contribution in [0, 0.1) is 11.8 Å². The molecule has 0 aromatic heterocycles. The average molecular weight is 227 g/mol. The van der Waals surface area contributed by atoms with Crippen molar-refractivity contribution < 1.29 is 9.59 Å². The van der Waals surface area contributed by atoms with E-state index in [1.165, 1.54) is 0 Å². The Bertz CT molecular complexity index is 314. The maximum atomic E-state index is 11.4. The summed E-state index contributed by atoms with van der Waals surface area (Å²) in [4.78, 5) is 22.8. The Kier molecular flexibility index (Phi) is 1.76. The van der Waals surface area contributed by atoms with Crippen molar-refractivity contribution >= 4 is 27.5 Å². The number of ketones is 2. The van der Waals surface area contributed by atoms with Crippen molar-refractivity contribution in [2.45, 2.75) is 6.42 Å². The van der Waals surface area contributed by atoms with E-state index in [1.807, 2.05) is 6.08 Å². The van der Waals surface area contributed by atoms with E-state index in [0.29, 0.717) is 4.48 Å². The number of rotatable bonds is 0. The molecule has 2 nitrogen and oxygen atoms in total. The predicted octanol–water partition coefficient (Wildman–Crippen LogP) is 1.61. The molecule has 2 rings (SSSR count). The Morgan fingerprint density at radius 3 is 2.92 bits per heavy atom. The second-order valence-corrected chi connectivity index (χ2v) is 3.88. The lowest BCUT2D eigenvalue weighted by Crippen LogP contribution is -2.34. The standard InChI is InChI=1S/C9H7BrO2/c10-7-4-5-2-1-3-6(8(5)11)9(7)12/h1,3-6H,2H2. The van der Waals surface area contributed by atoms with Crippen molar-refractivity contribution in [3.8, 4) is 0 Å². The summed E-state index contributed by atoms with van der Waals surface area (Å²) in [5, 5.41) is 0. The van der Waals surface area contributed by atoms with Crippen molar-refractivity contribution in [1.29, 1.82) is 0 Å². The minimum absolute atomic E-state index is 0.0469. The highest BCUT2D eigenvalue weighted by atomic mass is 79.9. The highest BCUT2D eigenvalue weighted by Crippen LogP contribution is 2.31. The fourth-order valence-electron chi connectivity index (χ4n) is 1.58. The zero-order valence-corrected chi connectivity index (χ0v) is 7.87. The quantitative estimate of drug-likeness (QED) is 0.465. The number of hydrogen-bond donors (Lipinski definition) is 0. The maximum absolute atomic E-state index is 11.4. The van der Waals surface area contributed by atoms with E-state index < -0.39 is 5.92 Å². The van der Waals surface area contributed by atoms with Crippen LogP contribution in [0.25, 0.3) is 0 Å². The molecule has 2 atom stereocenters. The van der Waals surface area contributed by atoms with Crippen LogP contribution in [0.5, 0.6) is 0 Å². The van der Waals surface area contributed by atoms with Crippen LogP contribution in [0.2, 0.25) is 0 Å². The third kappa shape index (κ3) is 1.00. The van der Waals surface area contributed by atoms with Crippen molar-refractivity contribution in [3.05, 3.63) is 22.7 Å². The SMILES string of the molecule is O=C1C(Br)=CC2CC=CC1C2=O. The fourth-order valence-corrected chi connectivity index (χ4v) is 2.14. The lowest BCUT2D eigenvalue weighted by atomic mass is 9.78. The van der Waals surface area contributed by atoms with E-state index in [2.05, 4.69) is 15.9 Å². The van der Waals surface area contributed by atoms with Gasteiger partial charge in [-0.05, 0) is 22.4 Å². The van der Waals surface area contributed by atoms with Gasteiger partial charge in [-0.25, -0.2) is 0 Å². The monoisotopic (exact) mass is 226 g/mol. The van der Waals surface area contributed by atoms with Crippen LogP contribution < -0.4 is 0 Å². The lowest BCUT2D eigenvalue weighted by Gasteiger charge is -2.24. The van der Waals surface area contributed by atoms with E-state index >= 15 is 0 Å². The molecule has 0 N–H and O–H groups in total. The highest BCUT2D eigenvalue weighted by molar-refractivity contribution is 9.12. The number of hydrogen-bond acceptors (Lipinski definition) is 2. The molecule has 0 fully saturated rings. The molecular formula is C9H7BrO2. The highest BCUT2D eigenvalue weighted by Gasteiger charge is 2.36. The van der Waals surface area contributed by atoms with Crippen LogP contribution in [0.3, 0.4) is 0 Å². The Hall–Kier alpha value is -0.700. The summed E-state index contributed by atoms with van der Waals surface area (Å²) in [5.41, 5.74) is 0. The van der Waals surface area contributed by atoms with Crippen LogP contribution in [-0.2, 0) is 9.59 Å². The number of Topliss-reactive ketones (excluding diaryl/α,β-unsaturated/α-hetero) is 2. The molecule has 0 amide bonds. The van der Waals surface area contributed by atoms with Gasteiger partial charge in [-0.2, -0.15) is 0 Å². The van der Waals surface area contributed by atoms with Crippen molar-refractivity contribution in [2.75, 3.05) is 0 Å². The molecule has 0 aromatic carbocycles. The van der Waals surface area contributed by atoms with Gasteiger partial charge in [-0.3, -0.25) is 9.59 Å². The molecule has 0 aromatic rings. The van der Waals surface area contributed by atoms with E-state index in [0.717, 1.165) is 6.42 Å². The average Bonchev–Trinajstić information content (AvgIpc) is 2.04. The first kappa shape index (κ1) is 7.92. The van der Waals surface area contributed by atoms with Gasteiger partial charge in [0.1, 0.15) is 5.92 Å². The zero-order valence-electron chi connectivity index (χ0n) is 6.29. The second kappa shape index (κ2) is 2.66. The molecule has 0 heterocycles. The summed E-state index contributed by atoms with van der Waals surface area (Å²) in [5.74, 6) is -0.645.